The van der Waals surface area contributed by atoms with Gasteiger partial charge in [-0.25, -0.2) is 9.78 Å². The summed E-state index contributed by atoms with van der Waals surface area (Å²) in [6.45, 7) is 2.53. The maximum Gasteiger partial charge on any atom is 0.329 e. The predicted molar refractivity (Wildman–Crippen MR) is 90.4 cm³/mol. The molecule has 0 aliphatic heterocycles. The van der Waals surface area contributed by atoms with Crippen LogP contribution in [0.3, 0.4) is 0 Å². The molecular formula is C17H18N2O4S. The second-order valence-electron chi connectivity index (χ2n) is 5.69. The maximum atomic E-state index is 12.3. The molecule has 0 radical (unpaired) electrons. The fraction of sp³-hybridized carbons (Fsp3) is 0.353. The van der Waals surface area contributed by atoms with Gasteiger partial charge in [-0.2, -0.15) is 0 Å². The van der Waals surface area contributed by atoms with Crippen LogP contribution in [0.4, 0.5) is 0 Å². The van der Waals surface area contributed by atoms with Crippen molar-refractivity contribution in [2.24, 2.45) is 0 Å². The molecule has 1 saturated carbocycles. The Morgan fingerprint density at radius 2 is 2.04 bits per heavy atom. The lowest BCUT2D eigenvalue weighted by Gasteiger charge is -2.37. The molecule has 1 amide bonds. The third kappa shape index (κ3) is 3.12. The second-order valence-corrected chi connectivity index (χ2v) is 6.55. The standard InChI is InChI=1S/C17H18N2O4S/c1-2-23-12-6-4-11(5-7-12)15-18-13(10-24-15)14(20)19-17(16(21)22)8-3-9-17/h4-7,10H,2-3,8-9H2,1H3,(H,19,20)(H,21,22). The molecule has 1 aromatic carbocycles. The molecular weight excluding hydrogens is 328 g/mol. The van der Waals surface area contributed by atoms with Crippen molar-refractivity contribution in [3.63, 3.8) is 0 Å². The van der Waals surface area contributed by atoms with Crippen LogP contribution in [-0.4, -0.2) is 34.1 Å². The summed E-state index contributed by atoms with van der Waals surface area (Å²) < 4.78 is 5.40. The Bertz CT molecular complexity index is 750. The van der Waals surface area contributed by atoms with E-state index in [1.54, 1.807) is 5.38 Å². The van der Waals surface area contributed by atoms with E-state index in [2.05, 4.69) is 10.3 Å². The van der Waals surface area contributed by atoms with E-state index in [4.69, 9.17) is 4.74 Å². The number of carboxylic acids is 1. The Morgan fingerprint density at radius 3 is 2.58 bits per heavy atom. The van der Waals surface area contributed by atoms with Gasteiger partial charge in [0.05, 0.1) is 6.61 Å². The molecule has 24 heavy (non-hydrogen) atoms. The number of carboxylic acid groups (broad SMARTS) is 1. The SMILES string of the molecule is CCOc1ccc(-c2nc(C(=O)NC3(C(=O)O)CCC3)cs2)cc1. The molecule has 0 bridgehead atoms. The highest BCUT2D eigenvalue weighted by Gasteiger charge is 2.46. The summed E-state index contributed by atoms with van der Waals surface area (Å²) in [6.07, 6.45) is 1.73. The minimum absolute atomic E-state index is 0.247. The average molecular weight is 346 g/mol. The van der Waals surface area contributed by atoms with E-state index >= 15 is 0 Å². The quantitative estimate of drug-likeness (QED) is 0.839. The van der Waals surface area contributed by atoms with E-state index in [1.807, 2.05) is 31.2 Å². The van der Waals surface area contributed by atoms with Gasteiger partial charge in [-0.05, 0) is 50.5 Å². The zero-order chi connectivity index (χ0) is 17.2. The van der Waals surface area contributed by atoms with Crippen molar-refractivity contribution in [1.29, 1.82) is 0 Å². The van der Waals surface area contributed by atoms with Gasteiger partial charge in [0.15, 0.2) is 0 Å². The number of aromatic nitrogens is 1. The summed E-state index contributed by atoms with van der Waals surface area (Å²) in [5, 5.41) is 14.3. The van der Waals surface area contributed by atoms with E-state index < -0.39 is 17.4 Å². The largest absolute Gasteiger partial charge is 0.494 e. The topological polar surface area (TPSA) is 88.5 Å². The van der Waals surface area contributed by atoms with E-state index in [9.17, 15) is 14.7 Å². The molecule has 7 heteroatoms. The van der Waals surface area contributed by atoms with Crippen LogP contribution >= 0.6 is 11.3 Å². The molecule has 0 atom stereocenters. The first-order valence-electron chi connectivity index (χ1n) is 7.79. The number of hydrogen-bond acceptors (Lipinski definition) is 5. The number of ether oxygens (including phenoxy) is 1. The van der Waals surface area contributed by atoms with E-state index in [0.717, 1.165) is 17.7 Å². The lowest BCUT2D eigenvalue weighted by Crippen LogP contribution is -2.59. The second kappa shape index (κ2) is 6.60. The Balaban J connectivity index is 1.73. The third-order valence-corrected chi connectivity index (χ3v) is 5.01. The number of carbonyl (C=O) groups excluding carboxylic acids is 1. The van der Waals surface area contributed by atoms with Crippen LogP contribution in [0.1, 0.15) is 36.7 Å². The summed E-state index contributed by atoms with van der Waals surface area (Å²) in [4.78, 5) is 28.0. The average Bonchev–Trinajstić information content (AvgIpc) is 3.01. The minimum atomic E-state index is -1.12. The summed E-state index contributed by atoms with van der Waals surface area (Å²) in [5.41, 5.74) is 0.00973. The predicted octanol–water partition coefficient (Wildman–Crippen LogP) is 2.95. The molecule has 2 aromatic rings. The molecule has 1 aliphatic carbocycles. The maximum absolute atomic E-state index is 12.3. The van der Waals surface area contributed by atoms with Gasteiger partial charge < -0.3 is 15.2 Å². The van der Waals surface area contributed by atoms with Crippen LogP contribution in [0, 0.1) is 0 Å². The monoisotopic (exact) mass is 346 g/mol. The number of nitrogens with one attached hydrogen (secondary N) is 1. The van der Waals surface area contributed by atoms with Gasteiger partial charge in [0.25, 0.3) is 5.91 Å². The number of aliphatic carboxylic acids is 1. The van der Waals surface area contributed by atoms with Gasteiger partial charge in [0.2, 0.25) is 0 Å². The zero-order valence-corrected chi connectivity index (χ0v) is 14.1. The smallest absolute Gasteiger partial charge is 0.329 e. The van der Waals surface area contributed by atoms with Gasteiger partial charge in [-0.15, -0.1) is 11.3 Å². The Kier molecular flexibility index (Phi) is 4.53. The minimum Gasteiger partial charge on any atom is -0.494 e. The van der Waals surface area contributed by atoms with Crippen molar-refractivity contribution >= 4 is 23.2 Å². The number of carbonyl (C=O) groups is 2. The molecule has 6 nitrogen and oxygen atoms in total. The van der Waals surface area contributed by atoms with Crippen molar-refractivity contribution < 1.29 is 19.4 Å². The first kappa shape index (κ1) is 16.4. The summed E-state index contributed by atoms with van der Waals surface area (Å²) in [5.74, 6) is -0.640. The number of thiazole rings is 1. The van der Waals surface area contributed by atoms with Gasteiger partial charge in [0.1, 0.15) is 22.0 Å². The Labute approximate surface area is 143 Å². The molecule has 1 aromatic heterocycles. The zero-order valence-electron chi connectivity index (χ0n) is 13.2. The van der Waals surface area contributed by atoms with Crippen LogP contribution in [0.2, 0.25) is 0 Å². The first-order chi connectivity index (χ1) is 11.5. The Hall–Kier alpha value is -2.41. The molecule has 0 saturated heterocycles. The Morgan fingerprint density at radius 1 is 1.33 bits per heavy atom. The normalized spacial score (nSPS) is 15.4. The van der Waals surface area contributed by atoms with Crippen LogP contribution in [-0.2, 0) is 4.79 Å². The number of amides is 1. The molecule has 126 valence electrons. The molecule has 1 fully saturated rings. The van der Waals surface area contributed by atoms with Crippen molar-refractivity contribution in [2.75, 3.05) is 6.61 Å². The highest BCUT2D eigenvalue weighted by molar-refractivity contribution is 7.13. The van der Waals surface area contributed by atoms with Crippen LogP contribution in [0.15, 0.2) is 29.6 Å². The fourth-order valence-corrected chi connectivity index (χ4v) is 3.38. The van der Waals surface area contributed by atoms with Crippen molar-refractivity contribution in [2.45, 2.75) is 31.7 Å². The lowest BCUT2D eigenvalue weighted by atomic mass is 9.76. The van der Waals surface area contributed by atoms with Crippen LogP contribution in [0.5, 0.6) is 5.75 Å². The lowest BCUT2D eigenvalue weighted by molar-refractivity contribution is -0.148. The molecule has 0 unspecified atom stereocenters. The van der Waals surface area contributed by atoms with Crippen molar-refractivity contribution in [3.8, 4) is 16.3 Å². The summed E-state index contributed by atoms with van der Waals surface area (Å²) in [6, 6.07) is 7.48. The third-order valence-electron chi connectivity index (χ3n) is 4.12. The van der Waals surface area contributed by atoms with Gasteiger partial charge in [-0.3, -0.25) is 4.79 Å². The van der Waals surface area contributed by atoms with E-state index in [1.165, 1.54) is 11.3 Å². The first-order valence-corrected chi connectivity index (χ1v) is 8.67. The van der Waals surface area contributed by atoms with E-state index in [0.29, 0.717) is 24.5 Å². The molecule has 1 aliphatic rings. The van der Waals surface area contributed by atoms with Crippen LogP contribution < -0.4 is 10.1 Å². The number of benzene rings is 1. The molecule has 2 N–H and O–H groups in total. The number of rotatable bonds is 6. The van der Waals surface area contributed by atoms with Crippen molar-refractivity contribution in [3.05, 3.63) is 35.3 Å². The highest BCUT2D eigenvalue weighted by Crippen LogP contribution is 2.33. The van der Waals surface area contributed by atoms with Gasteiger partial charge in [-0.1, -0.05) is 0 Å². The molecule has 3 rings (SSSR count). The highest BCUT2D eigenvalue weighted by atomic mass is 32.1. The molecule has 0 spiro atoms. The van der Waals surface area contributed by atoms with Crippen LogP contribution in [0.25, 0.3) is 10.6 Å². The van der Waals surface area contributed by atoms with E-state index in [-0.39, 0.29) is 5.69 Å². The summed E-state index contributed by atoms with van der Waals surface area (Å²) >= 11 is 1.35. The van der Waals surface area contributed by atoms with Gasteiger partial charge >= 0.3 is 5.97 Å². The summed E-state index contributed by atoms with van der Waals surface area (Å²) in [7, 11) is 0. The van der Waals surface area contributed by atoms with Crippen molar-refractivity contribution in [1.82, 2.24) is 10.3 Å². The fourth-order valence-electron chi connectivity index (χ4n) is 2.58. The number of nitrogens with zero attached hydrogens (tertiary/aromatic N) is 1. The number of hydrogen-bond donors (Lipinski definition) is 2. The molecule has 1 heterocycles. The van der Waals surface area contributed by atoms with Gasteiger partial charge in [0, 0.05) is 10.9 Å².